The predicted octanol–water partition coefficient (Wildman–Crippen LogP) is 0.374. The fourth-order valence-electron chi connectivity index (χ4n) is 3.52. The van der Waals surface area contributed by atoms with Gasteiger partial charge in [0.1, 0.15) is 0 Å². The average Bonchev–Trinajstić information content (AvgIpc) is 3.06. The van der Waals surface area contributed by atoms with E-state index in [1.165, 1.54) is 54.4 Å². The second kappa shape index (κ2) is 11.9. The Bertz CT molecular complexity index is 504. The van der Waals surface area contributed by atoms with Gasteiger partial charge >= 0.3 is 26.2 Å². The molecule has 3 heteroatoms. The summed E-state index contributed by atoms with van der Waals surface area (Å²) in [6.45, 7) is 10.9. The molecule has 0 nitrogen and oxygen atoms in total. The summed E-state index contributed by atoms with van der Waals surface area (Å²) in [7, 11) is 0. The number of rotatable bonds is 1. The van der Waals surface area contributed by atoms with Crippen molar-refractivity contribution in [3.63, 3.8) is 0 Å². The molecule has 0 unspecified atom stereocenters. The summed E-state index contributed by atoms with van der Waals surface area (Å²) in [6.07, 6.45) is 19.6. The minimum absolute atomic E-state index is 0. The van der Waals surface area contributed by atoms with Crippen LogP contribution in [0.3, 0.4) is 0 Å². The Morgan fingerprint density at radius 3 is 1.92 bits per heavy atom. The van der Waals surface area contributed by atoms with Crippen molar-refractivity contribution >= 4 is 0 Å². The fourth-order valence-corrected chi connectivity index (χ4v) is 3.52. The van der Waals surface area contributed by atoms with E-state index >= 15 is 0 Å². The molecule has 3 rings (SSSR count). The zero-order chi connectivity index (χ0) is 15.5. The van der Waals surface area contributed by atoms with E-state index in [1.54, 1.807) is 0 Å². The van der Waals surface area contributed by atoms with Crippen molar-refractivity contribution in [2.24, 2.45) is 11.3 Å². The first-order valence-electron chi connectivity index (χ1n) is 8.49. The third kappa shape index (κ3) is 6.97. The molecule has 1 fully saturated rings. The van der Waals surface area contributed by atoms with Gasteiger partial charge in [-0.3, -0.25) is 12.2 Å². The van der Waals surface area contributed by atoms with Crippen molar-refractivity contribution < 1.29 is 51.0 Å². The maximum Gasteiger partial charge on any atom is 4.00 e. The second-order valence-electron chi connectivity index (χ2n) is 7.20. The SMILES string of the molecule is CC1=[C-]C(C)(C)C(C)=C1C.[C-]1=C(C2CCCCC2)C=CC1.[Cl-].[Cl-].[Zr+4]. The molecular weight excluding hydrogens is 414 g/mol. The minimum Gasteiger partial charge on any atom is -1.00 e. The molecule has 0 spiro atoms. The van der Waals surface area contributed by atoms with Gasteiger partial charge in [-0.1, -0.05) is 52.4 Å². The van der Waals surface area contributed by atoms with E-state index in [9.17, 15) is 0 Å². The van der Waals surface area contributed by atoms with Crippen LogP contribution in [0.1, 0.15) is 73.1 Å². The number of halogens is 2. The van der Waals surface area contributed by atoms with Crippen LogP contribution in [0.25, 0.3) is 0 Å². The third-order valence-corrected chi connectivity index (χ3v) is 5.33. The molecule has 3 aliphatic rings. The van der Waals surface area contributed by atoms with E-state index < -0.39 is 0 Å². The van der Waals surface area contributed by atoms with Crippen LogP contribution in [0.15, 0.2) is 34.4 Å². The molecule has 0 radical (unpaired) electrons. The summed E-state index contributed by atoms with van der Waals surface area (Å²) in [5, 5.41) is 0. The van der Waals surface area contributed by atoms with Crippen LogP contribution in [0, 0.1) is 23.5 Å². The molecule has 24 heavy (non-hydrogen) atoms. The van der Waals surface area contributed by atoms with Crippen LogP contribution in [0.4, 0.5) is 0 Å². The number of hydrogen-bond acceptors (Lipinski definition) is 0. The first-order valence-corrected chi connectivity index (χ1v) is 8.49. The van der Waals surface area contributed by atoms with Gasteiger partial charge in [-0.05, 0) is 18.8 Å². The van der Waals surface area contributed by atoms with Gasteiger partial charge in [0, 0.05) is 0 Å². The van der Waals surface area contributed by atoms with Gasteiger partial charge in [0.25, 0.3) is 0 Å². The van der Waals surface area contributed by atoms with E-state index in [1.807, 2.05) is 0 Å². The molecule has 0 aliphatic heterocycles. The van der Waals surface area contributed by atoms with Gasteiger partial charge < -0.3 is 24.8 Å². The standard InChI is InChI=1S/C11H15.C10H15.2ClH.Zr/c1-2-6-10(7-3-1)11-8-4-5-9-11;1-7-6-10(4,5)9(3)8(7)2;;;/h4,8,10H,1-3,5-7H2;1-5H3;2*1H;/q2*-1;;;+4/p-2. The zero-order valence-corrected chi connectivity index (χ0v) is 19.7. The van der Waals surface area contributed by atoms with Crippen molar-refractivity contribution in [2.75, 3.05) is 0 Å². The summed E-state index contributed by atoms with van der Waals surface area (Å²) in [4.78, 5) is 0. The average molecular weight is 445 g/mol. The van der Waals surface area contributed by atoms with Crippen LogP contribution < -0.4 is 24.8 Å². The van der Waals surface area contributed by atoms with E-state index in [-0.39, 0.29) is 56.4 Å². The second-order valence-corrected chi connectivity index (χ2v) is 7.20. The monoisotopic (exact) mass is 442 g/mol. The predicted molar refractivity (Wildman–Crippen MR) is 91.7 cm³/mol. The van der Waals surface area contributed by atoms with Crippen molar-refractivity contribution in [1.82, 2.24) is 0 Å². The normalized spacial score (nSPS) is 21.5. The van der Waals surface area contributed by atoms with Crippen molar-refractivity contribution in [2.45, 2.75) is 73.1 Å². The minimum atomic E-state index is 0. The van der Waals surface area contributed by atoms with Crippen LogP contribution in [-0.2, 0) is 26.2 Å². The summed E-state index contributed by atoms with van der Waals surface area (Å²) < 4.78 is 0. The molecule has 0 amide bonds. The molecule has 132 valence electrons. The molecule has 0 aromatic carbocycles. The quantitative estimate of drug-likeness (QED) is 0.513. The Labute approximate surface area is 181 Å². The van der Waals surface area contributed by atoms with Gasteiger partial charge in [0.15, 0.2) is 0 Å². The summed E-state index contributed by atoms with van der Waals surface area (Å²) in [5.74, 6) is 0.863. The molecule has 3 aliphatic carbocycles. The third-order valence-electron chi connectivity index (χ3n) is 5.33. The molecular formula is C21H30Cl2Zr. The number of hydrogen-bond donors (Lipinski definition) is 0. The molecule has 0 aromatic rings. The summed E-state index contributed by atoms with van der Waals surface area (Å²) in [5.41, 5.74) is 5.90. The molecule has 0 aromatic heterocycles. The Balaban J connectivity index is 0. The zero-order valence-electron chi connectivity index (χ0n) is 15.7. The summed E-state index contributed by atoms with van der Waals surface area (Å²) in [6, 6.07) is 0. The largest absolute Gasteiger partial charge is 4.00 e. The molecule has 1 saturated carbocycles. The first kappa shape index (κ1) is 26.7. The molecule has 0 saturated heterocycles. The van der Waals surface area contributed by atoms with Gasteiger partial charge in [-0.2, -0.15) is 17.2 Å². The van der Waals surface area contributed by atoms with Crippen LogP contribution in [-0.4, -0.2) is 0 Å². The van der Waals surface area contributed by atoms with Crippen molar-refractivity contribution in [3.05, 3.63) is 46.6 Å². The smallest absolute Gasteiger partial charge is 1.00 e. The van der Waals surface area contributed by atoms with Crippen LogP contribution >= 0.6 is 0 Å². The maximum absolute atomic E-state index is 3.44. The van der Waals surface area contributed by atoms with Gasteiger partial charge in [0.2, 0.25) is 0 Å². The Kier molecular flexibility index (Phi) is 13.2. The Hall–Kier alpha value is 0.423. The van der Waals surface area contributed by atoms with E-state index in [4.69, 9.17) is 0 Å². The first-order chi connectivity index (χ1) is 9.92. The Morgan fingerprint density at radius 2 is 1.58 bits per heavy atom. The van der Waals surface area contributed by atoms with E-state index in [2.05, 4.69) is 58.9 Å². The fraction of sp³-hybridized carbons (Fsp3) is 0.619. The number of allylic oxidation sites excluding steroid dienone is 8. The van der Waals surface area contributed by atoms with Crippen LogP contribution in [0.2, 0.25) is 0 Å². The Morgan fingerprint density at radius 1 is 1.00 bits per heavy atom. The summed E-state index contributed by atoms with van der Waals surface area (Å²) >= 11 is 0. The maximum atomic E-state index is 3.44. The molecule has 0 heterocycles. The molecule has 0 N–H and O–H groups in total. The van der Waals surface area contributed by atoms with E-state index in [0.29, 0.717) is 0 Å². The topological polar surface area (TPSA) is 0 Å². The van der Waals surface area contributed by atoms with Crippen molar-refractivity contribution in [1.29, 1.82) is 0 Å². The van der Waals surface area contributed by atoms with E-state index in [0.717, 1.165) is 12.3 Å². The van der Waals surface area contributed by atoms with Crippen LogP contribution in [0.5, 0.6) is 0 Å². The van der Waals surface area contributed by atoms with Gasteiger partial charge in [0.05, 0.1) is 0 Å². The van der Waals surface area contributed by atoms with Crippen molar-refractivity contribution in [3.8, 4) is 0 Å². The molecule has 0 atom stereocenters. The van der Waals surface area contributed by atoms with Gasteiger partial charge in [-0.15, -0.1) is 13.3 Å². The van der Waals surface area contributed by atoms with Gasteiger partial charge in [-0.25, -0.2) is 17.2 Å². The molecule has 0 bridgehead atoms.